The lowest BCUT2D eigenvalue weighted by atomic mass is 10.0. The van der Waals surface area contributed by atoms with Gasteiger partial charge in [-0.05, 0) is 29.9 Å². The number of carbonyl (C=O) groups excluding carboxylic acids is 2. The highest BCUT2D eigenvalue weighted by atomic mass is 32.1. The zero-order chi connectivity index (χ0) is 13.8. The van der Waals surface area contributed by atoms with Crippen molar-refractivity contribution < 1.29 is 9.59 Å². The molecule has 2 rings (SSSR count). The Hall–Kier alpha value is -1.68. The molecule has 0 unspecified atom stereocenters. The number of thiophene rings is 1. The SMILES string of the molecule is CC(C)C[C@@H]([C]=O)NC(=O)c1cc2ccccc2s1. The van der Waals surface area contributed by atoms with Crippen molar-refractivity contribution in [3.05, 3.63) is 35.2 Å². The minimum Gasteiger partial charge on any atom is -0.341 e. The van der Waals surface area contributed by atoms with E-state index >= 15 is 0 Å². The van der Waals surface area contributed by atoms with E-state index in [1.54, 1.807) is 0 Å². The first-order chi connectivity index (χ1) is 9.10. The molecule has 1 aromatic heterocycles. The maximum Gasteiger partial charge on any atom is 0.261 e. The van der Waals surface area contributed by atoms with Gasteiger partial charge in [0.25, 0.3) is 5.91 Å². The lowest BCUT2D eigenvalue weighted by Gasteiger charge is -2.13. The van der Waals surface area contributed by atoms with Crippen molar-refractivity contribution in [3.63, 3.8) is 0 Å². The predicted octanol–water partition coefficient (Wildman–Crippen LogP) is 3.16. The van der Waals surface area contributed by atoms with E-state index in [0.717, 1.165) is 10.1 Å². The fraction of sp³-hybridized carbons (Fsp3) is 0.333. The van der Waals surface area contributed by atoms with E-state index in [2.05, 4.69) is 5.32 Å². The summed E-state index contributed by atoms with van der Waals surface area (Å²) >= 11 is 1.43. The molecule has 0 aliphatic heterocycles. The molecule has 99 valence electrons. The zero-order valence-electron chi connectivity index (χ0n) is 11.0. The Kier molecular flexibility index (Phi) is 4.32. The molecule has 1 heterocycles. The van der Waals surface area contributed by atoms with Crippen LogP contribution < -0.4 is 5.32 Å². The topological polar surface area (TPSA) is 46.2 Å². The van der Waals surface area contributed by atoms with Crippen LogP contribution in [0.25, 0.3) is 10.1 Å². The fourth-order valence-corrected chi connectivity index (χ4v) is 2.90. The molecule has 0 aliphatic carbocycles. The lowest BCUT2D eigenvalue weighted by molar-refractivity contribution is 0.0947. The third-order valence-corrected chi connectivity index (χ3v) is 3.92. The van der Waals surface area contributed by atoms with Crippen molar-refractivity contribution in [1.82, 2.24) is 5.32 Å². The summed E-state index contributed by atoms with van der Waals surface area (Å²) in [5, 5.41) is 3.77. The summed E-state index contributed by atoms with van der Waals surface area (Å²) in [6.45, 7) is 4.02. The number of benzene rings is 1. The first kappa shape index (κ1) is 13.7. The monoisotopic (exact) mass is 274 g/mol. The molecule has 0 spiro atoms. The molecule has 1 atom stereocenters. The van der Waals surface area contributed by atoms with Crippen LogP contribution in [0.4, 0.5) is 0 Å². The third-order valence-electron chi connectivity index (χ3n) is 2.80. The van der Waals surface area contributed by atoms with Crippen LogP contribution in [0.1, 0.15) is 29.9 Å². The lowest BCUT2D eigenvalue weighted by Crippen LogP contribution is -2.36. The number of fused-ring (bicyclic) bond motifs is 1. The van der Waals surface area contributed by atoms with Crippen LogP contribution in [0.15, 0.2) is 30.3 Å². The van der Waals surface area contributed by atoms with Crippen molar-refractivity contribution >= 4 is 33.6 Å². The zero-order valence-corrected chi connectivity index (χ0v) is 11.8. The number of hydrogen-bond donors (Lipinski definition) is 1. The molecule has 4 heteroatoms. The summed E-state index contributed by atoms with van der Waals surface area (Å²) < 4.78 is 1.07. The average Bonchev–Trinajstić information content (AvgIpc) is 2.81. The van der Waals surface area contributed by atoms with E-state index in [-0.39, 0.29) is 5.91 Å². The average molecular weight is 274 g/mol. The van der Waals surface area contributed by atoms with Crippen LogP contribution in [0.5, 0.6) is 0 Å². The van der Waals surface area contributed by atoms with E-state index in [1.807, 2.05) is 50.5 Å². The summed E-state index contributed by atoms with van der Waals surface area (Å²) in [5.41, 5.74) is 0. The molecular weight excluding hydrogens is 258 g/mol. The summed E-state index contributed by atoms with van der Waals surface area (Å²) in [6, 6.07) is 9.16. The van der Waals surface area contributed by atoms with E-state index in [0.29, 0.717) is 17.2 Å². The maximum atomic E-state index is 12.1. The van der Waals surface area contributed by atoms with Gasteiger partial charge in [0.1, 0.15) is 0 Å². The number of hydrogen-bond acceptors (Lipinski definition) is 3. The first-order valence-corrected chi connectivity index (χ1v) is 7.09. The Balaban J connectivity index is 2.12. The Labute approximate surface area is 116 Å². The van der Waals surface area contributed by atoms with Gasteiger partial charge in [-0.1, -0.05) is 32.0 Å². The third kappa shape index (κ3) is 3.41. The summed E-state index contributed by atoms with van der Waals surface area (Å²) in [5.74, 6) is 0.143. The van der Waals surface area contributed by atoms with Crippen molar-refractivity contribution in [2.75, 3.05) is 0 Å². The molecule has 0 aliphatic rings. The van der Waals surface area contributed by atoms with E-state index in [1.165, 1.54) is 11.3 Å². The van der Waals surface area contributed by atoms with Gasteiger partial charge in [-0.15, -0.1) is 11.3 Å². The fourth-order valence-electron chi connectivity index (χ4n) is 1.93. The highest BCUT2D eigenvalue weighted by Crippen LogP contribution is 2.25. The van der Waals surface area contributed by atoms with Crippen molar-refractivity contribution in [3.8, 4) is 0 Å². The quantitative estimate of drug-likeness (QED) is 0.910. The Morgan fingerprint density at radius 2 is 2.11 bits per heavy atom. The molecule has 0 saturated heterocycles. The minimum absolute atomic E-state index is 0.199. The highest BCUT2D eigenvalue weighted by Gasteiger charge is 2.16. The Morgan fingerprint density at radius 3 is 2.74 bits per heavy atom. The molecule has 0 saturated carbocycles. The number of carbonyl (C=O) groups is 1. The maximum absolute atomic E-state index is 12.1. The Morgan fingerprint density at radius 1 is 1.37 bits per heavy atom. The molecule has 1 N–H and O–H groups in total. The molecule has 19 heavy (non-hydrogen) atoms. The molecule has 0 bridgehead atoms. The van der Waals surface area contributed by atoms with Gasteiger partial charge < -0.3 is 5.32 Å². The van der Waals surface area contributed by atoms with Crippen molar-refractivity contribution in [2.45, 2.75) is 26.3 Å². The Bertz CT molecular complexity index is 556. The van der Waals surface area contributed by atoms with Crippen molar-refractivity contribution in [2.24, 2.45) is 5.92 Å². The number of amides is 1. The van der Waals surface area contributed by atoms with E-state index in [4.69, 9.17) is 0 Å². The molecule has 1 aromatic carbocycles. The summed E-state index contributed by atoms with van der Waals surface area (Å²) in [6.07, 6.45) is 2.50. The second-order valence-corrected chi connectivity index (χ2v) is 6.01. The number of rotatable bonds is 5. The minimum atomic E-state index is -0.530. The molecule has 2 aromatic rings. The van der Waals surface area contributed by atoms with Crippen LogP contribution in [-0.2, 0) is 4.79 Å². The molecule has 0 fully saturated rings. The second-order valence-electron chi connectivity index (χ2n) is 4.92. The molecular formula is C15H16NO2S. The van der Waals surface area contributed by atoms with Gasteiger partial charge in [0, 0.05) is 4.70 Å². The largest absolute Gasteiger partial charge is 0.341 e. The smallest absolute Gasteiger partial charge is 0.261 e. The first-order valence-electron chi connectivity index (χ1n) is 6.27. The van der Waals surface area contributed by atoms with E-state index < -0.39 is 6.04 Å². The van der Waals surface area contributed by atoms with Gasteiger partial charge in [-0.2, -0.15) is 0 Å². The van der Waals surface area contributed by atoms with Crippen LogP contribution in [0.2, 0.25) is 0 Å². The van der Waals surface area contributed by atoms with Crippen LogP contribution in [0.3, 0.4) is 0 Å². The van der Waals surface area contributed by atoms with Crippen LogP contribution in [0, 0.1) is 5.92 Å². The summed E-state index contributed by atoms with van der Waals surface area (Å²) in [4.78, 5) is 23.6. The van der Waals surface area contributed by atoms with Crippen LogP contribution in [-0.4, -0.2) is 18.2 Å². The second kappa shape index (κ2) is 5.97. The van der Waals surface area contributed by atoms with Crippen molar-refractivity contribution in [1.29, 1.82) is 0 Å². The molecule has 3 nitrogen and oxygen atoms in total. The number of nitrogens with one attached hydrogen (secondary N) is 1. The molecule has 1 amide bonds. The van der Waals surface area contributed by atoms with Gasteiger partial charge in [-0.25, -0.2) is 0 Å². The van der Waals surface area contributed by atoms with Gasteiger partial charge in [0.05, 0.1) is 10.9 Å². The van der Waals surface area contributed by atoms with Crippen LogP contribution >= 0.6 is 11.3 Å². The van der Waals surface area contributed by atoms with E-state index in [9.17, 15) is 9.59 Å². The molecule has 1 radical (unpaired) electrons. The highest BCUT2D eigenvalue weighted by molar-refractivity contribution is 7.20. The standard InChI is InChI=1S/C15H16NO2S/c1-10(2)7-12(9-17)16-15(18)14-8-11-5-3-4-6-13(11)19-14/h3-6,8,10,12H,7H2,1-2H3,(H,16,18)/t12-/m0/s1. The van der Waals surface area contributed by atoms with Gasteiger partial charge in [0.15, 0.2) is 0 Å². The predicted molar refractivity (Wildman–Crippen MR) is 78.2 cm³/mol. The normalized spacial score (nSPS) is 12.6. The van der Waals surface area contributed by atoms with Gasteiger partial charge >= 0.3 is 0 Å². The summed E-state index contributed by atoms with van der Waals surface area (Å²) in [7, 11) is 0. The van der Waals surface area contributed by atoms with Gasteiger partial charge in [-0.3, -0.25) is 9.59 Å². The van der Waals surface area contributed by atoms with Gasteiger partial charge in [0.2, 0.25) is 6.29 Å².